The summed E-state index contributed by atoms with van der Waals surface area (Å²) in [5.74, 6) is 0.306. The maximum Gasteiger partial charge on any atom is 0.307 e. The molecule has 1 fully saturated rings. The number of aryl methyl sites for hydroxylation is 1. The summed E-state index contributed by atoms with van der Waals surface area (Å²) in [4.78, 5) is 29.8. The van der Waals surface area contributed by atoms with Crippen molar-refractivity contribution in [1.29, 1.82) is 0 Å². The second-order valence-electron chi connectivity index (χ2n) is 8.73. The first-order valence-corrected chi connectivity index (χ1v) is 14.3. The van der Waals surface area contributed by atoms with Gasteiger partial charge < -0.3 is 18.8 Å². The quantitative estimate of drug-likeness (QED) is 0.437. The molecule has 0 radical (unpaired) electrons. The molecule has 1 saturated heterocycles. The van der Waals surface area contributed by atoms with Crippen molar-refractivity contribution < 1.29 is 32.2 Å². The molecule has 0 unspecified atom stereocenters. The number of hydrogen-bond donors (Lipinski definition) is 0. The minimum absolute atomic E-state index is 0.0984. The Bertz CT molecular complexity index is 1500. The van der Waals surface area contributed by atoms with Crippen molar-refractivity contribution in [3.05, 3.63) is 46.8 Å². The number of amides is 1. The number of esters is 1. The van der Waals surface area contributed by atoms with Crippen molar-refractivity contribution in [3.8, 4) is 11.5 Å². The van der Waals surface area contributed by atoms with Crippen LogP contribution in [-0.4, -0.2) is 62.6 Å². The van der Waals surface area contributed by atoms with Crippen LogP contribution in [0.3, 0.4) is 0 Å². The zero-order chi connectivity index (χ0) is 26.0. The van der Waals surface area contributed by atoms with Gasteiger partial charge in [0.2, 0.25) is 10.0 Å². The van der Waals surface area contributed by atoms with Crippen molar-refractivity contribution in [2.45, 2.75) is 37.1 Å². The average molecular weight is 546 g/mol. The minimum atomic E-state index is -3.59. The Hall–Kier alpha value is -3.22. The van der Waals surface area contributed by atoms with Crippen LogP contribution >= 0.6 is 11.3 Å². The van der Waals surface area contributed by atoms with Crippen LogP contribution in [0.1, 0.15) is 36.0 Å². The van der Waals surface area contributed by atoms with E-state index < -0.39 is 15.9 Å². The van der Waals surface area contributed by atoms with Crippen molar-refractivity contribution in [1.82, 2.24) is 8.87 Å². The molecular weight excluding hydrogens is 518 g/mol. The van der Waals surface area contributed by atoms with E-state index in [1.165, 1.54) is 47.0 Å². The number of carbonyl (C=O) groups is 2. The number of carbonyl (C=O) groups excluding carboxylic acids is 2. The number of benzene rings is 2. The molecule has 2 aliphatic heterocycles. The zero-order valence-corrected chi connectivity index (χ0v) is 22.0. The van der Waals surface area contributed by atoms with Crippen molar-refractivity contribution >= 4 is 43.5 Å². The number of sulfonamides is 1. The fraction of sp³-hybridized carbons (Fsp3) is 0.400. The summed E-state index contributed by atoms with van der Waals surface area (Å²) in [6.45, 7) is 2.16. The number of thiazole rings is 1. The molecule has 0 aliphatic carbocycles. The summed E-state index contributed by atoms with van der Waals surface area (Å²) in [6.07, 6.45) is 2.82. The SMILES string of the molecule is COC(=O)CCn1c(=NC(=O)c2ccc(S(=O)(=O)N3CCCCC3)cc2)sc2cc3c(cc21)OCCO3. The molecule has 2 aliphatic rings. The van der Waals surface area contributed by atoms with Gasteiger partial charge in [0.1, 0.15) is 13.2 Å². The number of ether oxygens (including phenoxy) is 3. The van der Waals surface area contributed by atoms with Crippen LogP contribution in [0.15, 0.2) is 46.3 Å². The number of nitrogens with zero attached hydrogens (tertiary/aromatic N) is 3. The third-order valence-electron chi connectivity index (χ3n) is 6.37. The van der Waals surface area contributed by atoms with Gasteiger partial charge in [-0.05, 0) is 37.1 Å². The fourth-order valence-corrected chi connectivity index (χ4v) is 6.97. The molecule has 1 aromatic heterocycles. The summed E-state index contributed by atoms with van der Waals surface area (Å²) < 4.78 is 46.1. The molecule has 3 heterocycles. The Morgan fingerprint density at radius 2 is 1.70 bits per heavy atom. The molecule has 0 spiro atoms. The lowest BCUT2D eigenvalue weighted by Crippen LogP contribution is -2.35. The Kier molecular flexibility index (Phi) is 7.31. The fourth-order valence-electron chi connectivity index (χ4n) is 4.39. The Morgan fingerprint density at radius 1 is 1.03 bits per heavy atom. The summed E-state index contributed by atoms with van der Waals surface area (Å²) >= 11 is 1.29. The lowest BCUT2D eigenvalue weighted by molar-refractivity contribution is -0.140. The number of piperidine rings is 1. The van der Waals surface area contributed by atoms with E-state index in [4.69, 9.17) is 14.2 Å². The van der Waals surface area contributed by atoms with Crippen LogP contribution in [0.5, 0.6) is 11.5 Å². The molecule has 0 atom stereocenters. The molecule has 5 rings (SSSR count). The summed E-state index contributed by atoms with van der Waals surface area (Å²) in [5.41, 5.74) is 1.02. The van der Waals surface area contributed by atoms with Crippen LogP contribution in [0.4, 0.5) is 0 Å². The van der Waals surface area contributed by atoms with Gasteiger partial charge in [0, 0.05) is 37.3 Å². The van der Waals surface area contributed by atoms with Crippen LogP contribution in [0.25, 0.3) is 10.2 Å². The minimum Gasteiger partial charge on any atom is -0.486 e. The highest BCUT2D eigenvalue weighted by Gasteiger charge is 2.26. The van der Waals surface area contributed by atoms with Gasteiger partial charge >= 0.3 is 5.97 Å². The molecule has 2 aromatic carbocycles. The van der Waals surface area contributed by atoms with Crippen molar-refractivity contribution in [3.63, 3.8) is 0 Å². The van der Waals surface area contributed by atoms with E-state index in [9.17, 15) is 18.0 Å². The standard InChI is InChI=1S/C25H27N3O7S2/c1-33-23(29)9-12-28-19-15-20-21(35-14-13-34-20)16-22(19)36-25(28)26-24(30)17-5-7-18(8-6-17)37(31,32)27-10-3-2-4-11-27/h5-8,15-16H,2-4,9-14H2,1H3. The Morgan fingerprint density at radius 3 is 2.38 bits per heavy atom. The van der Waals surface area contributed by atoms with Gasteiger partial charge in [-0.2, -0.15) is 9.30 Å². The number of fused-ring (bicyclic) bond motifs is 2. The lowest BCUT2D eigenvalue weighted by atomic mass is 10.2. The smallest absolute Gasteiger partial charge is 0.307 e. The van der Waals surface area contributed by atoms with Gasteiger partial charge in [0.15, 0.2) is 16.3 Å². The Labute approximate surface area is 218 Å². The molecule has 1 amide bonds. The summed E-state index contributed by atoms with van der Waals surface area (Å²) in [6, 6.07) is 9.52. The number of hydrogen-bond acceptors (Lipinski definition) is 8. The van der Waals surface area contributed by atoms with Crippen LogP contribution < -0.4 is 14.3 Å². The third kappa shape index (κ3) is 5.27. The van der Waals surface area contributed by atoms with Gasteiger partial charge in [-0.3, -0.25) is 9.59 Å². The molecule has 0 bridgehead atoms. The molecule has 196 valence electrons. The van der Waals surface area contributed by atoms with E-state index in [0.717, 1.165) is 29.5 Å². The predicted molar refractivity (Wildman–Crippen MR) is 136 cm³/mol. The van der Waals surface area contributed by atoms with Crippen molar-refractivity contribution in [2.24, 2.45) is 4.99 Å². The Balaban J connectivity index is 1.48. The third-order valence-corrected chi connectivity index (χ3v) is 9.32. The molecule has 0 N–H and O–H groups in total. The van der Waals surface area contributed by atoms with Crippen molar-refractivity contribution in [2.75, 3.05) is 33.4 Å². The highest BCUT2D eigenvalue weighted by atomic mass is 32.2. The van der Waals surface area contributed by atoms with E-state index in [1.54, 1.807) is 4.57 Å². The van der Waals surface area contributed by atoms with E-state index in [2.05, 4.69) is 4.99 Å². The van der Waals surface area contributed by atoms with E-state index in [-0.39, 0.29) is 29.4 Å². The number of rotatable bonds is 6. The van der Waals surface area contributed by atoms with Gasteiger partial charge in [-0.15, -0.1) is 0 Å². The topological polar surface area (TPSA) is 117 Å². The average Bonchev–Trinajstić information content (AvgIpc) is 3.26. The first kappa shape index (κ1) is 25.4. The maximum absolute atomic E-state index is 13.1. The maximum atomic E-state index is 13.1. The van der Waals surface area contributed by atoms with Crippen LogP contribution in [0, 0.1) is 0 Å². The first-order chi connectivity index (χ1) is 17.9. The van der Waals surface area contributed by atoms with E-state index in [0.29, 0.717) is 42.6 Å². The van der Waals surface area contributed by atoms with Gasteiger partial charge in [0.25, 0.3) is 5.91 Å². The van der Waals surface area contributed by atoms with Gasteiger partial charge in [0.05, 0.1) is 28.6 Å². The first-order valence-electron chi connectivity index (χ1n) is 12.1. The molecule has 12 heteroatoms. The highest BCUT2D eigenvalue weighted by Crippen LogP contribution is 2.35. The normalized spacial score (nSPS) is 16.6. The van der Waals surface area contributed by atoms with E-state index >= 15 is 0 Å². The largest absolute Gasteiger partial charge is 0.486 e. The number of methoxy groups -OCH3 is 1. The van der Waals surface area contributed by atoms with Crippen LogP contribution in [0.2, 0.25) is 0 Å². The molecule has 10 nitrogen and oxygen atoms in total. The van der Waals surface area contributed by atoms with Gasteiger partial charge in [-0.1, -0.05) is 17.8 Å². The summed E-state index contributed by atoms with van der Waals surface area (Å²) in [7, 11) is -2.27. The van der Waals surface area contributed by atoms with Gasteiger partial charge in [-0.25, -0.2) is 8.42 Å². The summed E-state index contributed by atoms with van der Waals surface area (Å²) in [5, 5.41) is 0. The molecule has 0 saturated carbocycles. The number of aromatic nitrogens is 1. The second-order valence-corrected chi connectivity index (χ2v) is 11.7. The molecular formula is C25H27N3O7S2. The predicted octanol–water partition coefficient (Wildman–Crippen LogP) is 2.95. The second kappa shape index (κ2) is 10.6. The molecule has 3 aromatic rings. The van der Waals surface area contributed by atoms with Crippen LogP contribution in [-0.2, 0) is 26.1 Å². The monoisotopic (exact) mass is 545 g/mol. The lowest BCUT2D eigenvalue weighted by Gasteiger charge is -2.25. The highest BCUT2D eigenvalue weighted by molar-refractivity contribution is 7.89. The van der Waals surface area contributed by atoms with E-state index in [1.807, 2.05) is 12.1 Å². The zero-order valence-electron chi connectivity index (χ0n) is 20.3. The molecule has 37 heavy (non-hydrogen) atoms.